The summed E-state index contributed by atoms with van der Waals surface area (Å²) in [5.74, 6) is -0.333. The third kappa shape index (κ3) is 5.02. The second-order valence-electron chi connectivity index (χ2n) is 7.04. The van der Waals surface area contributed by atoms with Gasteiger partial charge in [0.1, 0.15) is 4.88 Å². The third-order valence-electron chi connectivity index (χ3n) is 3.22. The number of thiophene rings is 1. The largest absolute Gasteiger partial charge is 0.341 e. The van der Waals surface area contributed by atoms with Gasteiger partial charge in [-0.3, -0.25) is 19.9 Å². The lowest BCUT2D eigenvalue weighted by Gasteiger charge is -2.26. The fourth-order valence-corrected chi connectivity index (χ4v) is 4.26. The Morgan fingerprint density at radius 2 is 1.96 bits per heavy atom. The van der Waals surface area contributed by atoms with Crippen molar-refractivity contribution in [2.45, 2.75) is 49.8 Å². The summed E-state index contributed by atoms with van der Waals surface area (Å²) in [6.45, 7) is 9.71. The van der Waals surface area contributed by atoms with Crippen molar-refractivity contribution in [3.63, 3.8) is 0 Å². The molecule has 2 heterocycles. The van der Waals surface area contributed by atoms with E-state index in [1.807, 2.05) is 52.8 Å². The normalized spacial score (nSPS) is 12.0. The number of nitro groups is 1. The maximum Gasteiger partial charge on any atom is 0.325 e. The van der Waals surface area contributed by atoms with Crippen LogP contribution in [0, 0.1) is 10.1 Å². The van der Waals surface area contributed by atoms with Gasteiger partial charge in [0.05, 0.1) is 16.2 Å². The van der Waals surface area contributed by atoms with E-state index in [1.54, 1.807) is 6.20 Å². The Kier molecular flexibility index (Phi) is 5.53. The molecule has 0 aliphatic rings. The van der Waals surface area contributed by atoms with Gasteiger partial charge >= 0.3 is 5.00 Å². The predicted octanol–water partition coefficient (Wildman–Crippen LogP) is 4.61. The van der Waals surface area contributed by atoms with E-state index in [0.29, 0.717) is 9.77 Å². The van der Waals surface area contributed by atoms with E-state index in [4.69, 9.17) is 0 Å². The van der Waals surface area contributed by atoms with Crippen molar-refractivity contribution in [1.29, 1.82) is 0 Å². The van der Waals surface area contributed by atoms with Crippen molar-refractivity contribution < 1.29 is 9.72 Å². The Morgan fingerprint density at radius 3 is 2.48 bits per heavy atom. The lowest BCUT2D eigenvalue weighted by atomic mass is 10.00. The Morgan fingerprint density at radius 1 is 1.28 bits per heavy atom. The fourth-order valence-electron chi connectivity index (χ4n) is 2.15. The van der Waals surface area contributed by atoms with E-state index in [1.165, 1.54) is 17.8 Å². The molecule has 0 unspecified atom stereocenters. The van der Waals surface area contributed by atoms with Crippen LogP contribution in [0.5, 0.6) is 0 Å². The number of pyridine rings is 1. The van der Waals surface area contributed by atoms with Gasteiger partial charge < -0.3 is 5.32 Å². The minimum absolute atomic E-state index is 0.0347. The maximum atomic E-state index is 12.8. The van der Waals surface area contributed by atoms with Crippen LogP contribution in [-0.4, -0.2) is 20.6 Å². The molecule has 0 spiro atoms. The number of aromatic nitrogens is 1. The Hall–Kier alpha value is -1.93. The molecule has 1 N–H and O–H groups in total. The number of carbonyl (C=O) groups excluding carboxylic acids is 1. The summed E-state index contributed by atoms with van der Waals surface area (Å²) in [5, 5.41) is 14.0. The smallest absolute Gasteiger partial charge is 0.325 e. The van der Waals surface area contributed by atoms with Crippen LogP contribution >= 0.6 is 23.1 Å². The zero-order valence-corrected chi connectivity index (χ0v) is 16.5. The van der Waals surface area contributed by atoms with Crippen molar-refractivity contribution >= 4 is 34.0 Å². The molecule has 0 fully saturated rings. The van der Waals surface area contributed by atoms with Gasteiger partial charge in [0, 0.05) is 21.9 Å². The minimum Gasteiger partial charge on any atom is -0.341 e. The molecule has 2 aromatic rings. The molecule has 25 heavy (non-hydrogen) atoms. The number of carbonyl (C=O) groups is 1. The van der Waals surface area contributed by atoms with Gasteiger partial charge in [0.2, 0.25) is 0 Å². The Balaban J connectivity index is 2.33. The number of rotatable bonds is 5. The van der Waals surface area contributed by atoms with E-state index in [2.05, 4.69) is 10.3 Å². The van der Waals surface area contributed by atoms with Crippen LogP contribution in [0.3, 0.4) is 0 Å². The molecular formula is C17H21N3O3S2. The first-order valence-corrected chi connectivity index (χ1v) is 9.34. The van der Waals surface area contributed by atoms with Crippen molar-refractivity contribution in [3.05, 3.63) is 51.1 Å². The molecular weight excluding hydrogens is 358 g/mol. The monoisotopic (exact) mass is 379 g/mol. The molecule has 0 aromatic carbocycles. The number of nitrogens with one attached hydrogen (secondary N) is 1. The predicted molar refractivity (Wildman–Crippen MR) is 101 cm³/mol. The molecule has 0 radical (unpaired) electrons. The van der Waals surface area contributed by atoms with E-state index in [-0.39, 0.29) is 15.7 Å². The second-order valence-corrected chi connectivity index (χ2v) is 9.94. The molecule has 6 nitrogen and oxygen atoms in total. The zero-order valence-electron chi connectivity index (χ0n) is 14.8. The zero-order chi connectivity index (χ0) is 18.8. The number of hydrogen-bond donors (Lipinski definition) is 1. The number of amides is 1. The highest BCUT2D eigenvalue weighted by Crippen LogP contribution is 2.41. The summed E-state index contributed by atoms with van der Waals surface area (Å²) in [5.41, 5.74) is 0.0280. The molecule has 2 aromatic heterocycles. The summed E-state index contributed by atoms with van der Waals surface area (Å²) < 4.78 is -0.166. The summed E-state index contributed by atoms with van der Waals surface area (Å²) in [6, 6.07) is 6.97. The van der Waals surface area contributed by atoms with Crippen molar-refractivity contribution in [3.8, 4) is 0 Å². The van der Waals surface area contributed by atoms with E-state index in [0.717, 1.165) is 17.0 Å². The Bertz CT molecular complexity index is 780. The highest BCUT2D eigenvalue weighted by molar-refractivity contribution is 8.00. The summed E-state index contributed by atoms with van der Waals surface area (Å²) in [6.07, 6.45) is 1.67. The highest BCUT2D eigenvalue weighted by atomic mass is 32.2. The number of hydrogen-bond acceptors (Lipinski definition) is 6. The summed E-state index contributed by atoms with van der Waals surface area (Å²) in [4.78, 5) is 28.7. The van der Waals surface area contributed by atoms with Crippen LogP contribution in [0.15, 0.2) is 35.4 Å². The molecule has 0 bridgehead atoms. The maximum absolute atomic E-state index is 12.8. The van der Waals surface area contributed by atoms with Crippen LogP contribution in [0.1, 0.15) is 50.0 Å². The molecule has 8 heteroatoms. The van der Waals surface area contributed by atoms with Crippen LogP contribution in [0.4, 0.5) is 5.00 Å². The first kappa shape index (κ1) is 19.4. The van der Waals surface area contributed by atoms with Crippen LogP contribution < -0.4 is 5.32 Å². The molecule has 2 rings (SSSR count). The molecule has 0 aliphatic heterocycles. The molecule has 1 amide bonds. The second kappa shape index (κ2) is 7.13. The van der Waals surface area contributed by atoms with Crippen molar-refractivity contribution in [2.75, 3.05) is 0 Å². The molecule has 0 saturated carbocycles. The van der Waals surface area contributed by atoms with E-state index in [9.17, 15) is 14.9 Å². The lowest BCUT2D eigenvalue weighted by molar-refractivity contribution is -0.380. The SMILES string of the molecule is CC(C)(C)Sc1cc([N+](=O)[O-])sc1C(=O)NC(C)(C)c1ccccn1. The number of nitrogens with zero attached hydrogens (tertiary/aromatic N) is 2. The molecule has 134 valence electrons. The fraction of sp³-hybridized carbons (Fsp3) is 0.412. The van der Waals surface area contributed by atoms with Gasteiger partial charge in [0.15, 0.2) is 0 Å². The summed E-state index contributed by atoms with van der Waals surface area (Å²) >= 11 is 2.35. The first-order chi connectivity index (χ1) is 11.5. The molecule has 0 atom stereocenters. The Labute approximate surface area is 155 Å². The van der Waals surface area contributed by atoms with Gasteiger partial charge in [-0.15, -0.1) is 11.8 Å². The lowest BCUT2D eigenvalue weighted by Crippen LogP contribution is -2.41. The van der Waals surface area contributed by atoms with Crippen molar-refractivity contribution in [2.24, 2.45) is 0 Å². The van der Waals surface area contributed by atoms with Crippen LogP contribution in [0.2, 0.25) is 0 Å². The standard InChI is InChI=1S/C17H21N3O3S2/c1-16(2,3)25-11-10-13(20(22)23)24-14(11)15(21)19-17(4,5)12-8-6-7-9-18-12/h6-10H,1-5H3,(H,19,21). The summed E-state index contributed by atoms with van der Waals surface area (Å²) in [7, 11) is 0. The molecule has 0 aliphatic carbocycles. The average molecular weight is 380 g/mol. The number of thioether (sulfide) groups is 1. The van der Waals surface area contributed by atoms with Gasteiger partial charge in [0.25, 0.3) is 5.91 Å². The topological polar surface area (TPSA) is 85.1 Å². The van der Waals surface area contributed by atoms with Crippen molar-refractivity contribution in [1.82, 2.24) is 10.3 Å². The van der Waals surface area contributed by atoms with Crippen LogP contribution in [-0.2, 0) is 5.54 Å². The molecule has 0 saturated heterocycles. The van der Waals surface area contributed by atoms with E-state index < -0.39 is 10.5 Å². The quantitative estimate of drug-likeness (QED) is 0.466. The average Bonchev–Trinajstić information content (AvgIpc) is 2.90. The van der Waals surface area contributed by atoms with E-state index >= 15 is 0 Å². The van der Waals surface area contributed by atoms with Crippen LogP contribution in [0.25, 0.3) is 0 Å². The van der Waals surface area contributed by atoms with Gasteiger partial charge in [-0.25, -0.2) is 0 Å². The third-order valence-corrected chi connectivity index (χ3v) is 5.59. The van der Waals surface area contributed by atoms with Gasteiger partial charge in [-0.2, -0.15) is 0 Å². The first-order valence-electron chi connectivity index (χ1n) is 7.71. The highest BCUT2D eigenvalue weighted by Gasteiger charge is 2.30. The minimum atomic E-state index is -0.694. The van der Waals surface area contributed by atoms with Gasteiger partial charge in [-0.1, -0.05) is 38.2 Å². The van der Waals surface area contributed by atoms with Gasteiger partial charge in [-0.05, 0) is 26.0 Å².